The van der Waals surface area contributed by atoms with Crippen LogP contribution >= 0.6 is 0 Å². The molecular formula is C12H19N3O3. The number of anilines is 1. The standard InChI is InChI=1S/C12H19N3O3/c1-8(2)15(7-12(16)18-5)10-6-11(17-4)14-9(3)13-10/h6,8H,7H2,1-5H3. The fraction of sp³-hybridized carbons (Fsp3) is 0.583. The van der Waals surface area contributed by atoms with Gasteiger partial charge in [-0.3, -0.25) is 4.79 Å². The maximum absolute atomic E-state index is 11.4. The van der Waals surface area contributed by atoms with Crippen molar-refractivity contribution in [2.24, 2.45) is 0 Å². The summed E-state index contributed by atoms with van der Waals surface area (Å²) in [6.45, 7) is 5.89. The molecule has 0 radical (unpaired) electrons. The molecule has 0 unspecified atom stereocenters. The van der Waals surface area contributed by atoms with Crippen LogP contribution in [0.2, 0.25) is 0 Å². The largest absolute Gasteiger partial charge is 0.481 e. The van der Waals surface area contributed by atoms with E-state index in [1.54, 1.807) is 20.1 Å². The molecule has 1 aromatic rings. The summed E-state index contributed by atoms with van der Waals surface area (Å²) in [5, 5.41) is 0. The molecule has 1 heterocycles. The summed E-state index contributed by atoms with van der Waals surface area (Å²) >= 11 is 0. The number of nitrogens with zero attached hydrogens (tertiary/aromatic N) is 3. The molecular weight excluding hydrogens is 234 g/mol. The fourth-order valence-electron chi connectivity index (χ4n) is 1.51. The number of rotatable bonds is 5. The Kier molecular flexibility index (Phi) is 4.88. The predicted molar refractivity (Wildman–Crippen MR) is 67.8 cm³/mol. The number of carbonyl (C=O) groups excluding carboxylic acids is 1. The molecule has 0 amide bonds. The quantitative estimate of drug-likeness (QED) is 0.734. The number of aryl methyl sites for hydroxylation is 1. The molecule has 0 fully saturated rings. The number of hydrogen-bond acceptors (Lipinski definition) is 6. The molecule has 18 heavy (non-hydrogen) atoms. The molecule has 0 aliphatic carbocycles. The summed E-state index contributed by atoms with van der Waals surface area (Å²) in [7, 11) is 2.91. The summed E-state index contributed by atoms with van der Waals surface area (Å²) < 4.78 is 9.79. The zero-order chi connectivity index (χ0) is 13.7. The Morgan fingerprint density at radius 3 is 2.56 bits per heavy atom. The summed E-state index contributed by atoms with van der Waals surface area (Å²) in [5.41, 5.74) is 0. The number of hydrogen-bond donors (Lipinski definition) is 0. The maximum atomic E-state index is 11.4. The van der Waals surface area contributed by atoms with E-state index in [2.05, 4.69) is 14.7 Å². The molecule has 0 saturated heterocycles. The lowest BCUT2D eigenvalue weighted by molar-refractivity contribution is -0.139. The summed E-state index contributed by atoms with van der Waals surface area (Å²) in [6, 6.07) is 1.82. The molecule has 6 heteroatoms. The Balaban J connectivity index is 3.05. The third-order valence-corrected chi connectivity index (χ3v) is 2.45. The Hall–Kier alpha value is -1.85. The van der Waals surface area contributed by atoms with Crippen LogP contribution < -0.4 is 9.64 Å². The van der Waals surface area contributed by atoms with Crippen LogP contribution in [-0.2, 0) is 9.53 Å². The topological polar surface area (TPSA) is 64.5 Å². The molecule has 0 aliphatic heterocycles. The van der Waals surface area contributed by atoms with Crippen LogP contribution in [0.15, 0.2) is 6.07 Å². The van der Waals surface area contributed by atoms with Crippen LogP contribution in [-0.4, -0.2) is 42.7 Å². The van der Waals surface area contributed by atoms with E-state index < -0.39 is 0 Å². The van der Waals surface area contributed by atoms with Crippen molar-refractivity contribution in [2.45, 2.75) is 26.8 Å². The van der Waals surface area contributed by atoms with E-state index in [0.717, 1.165) is 0 Å². The van der Waals surface area contributed by atoms with Gasteiger partial charge in [0, 0.05) is 12.1 Å². The van der Waals surface area contributed by atoms with Gasteiger partial charge in [0.25, 0.3) is 0 Å². The molecule has 1 aromatic heterocycles. The van der Waals surface area contributed by atoms with E-state index in [-0.39, 0.29) is 18.6 Å². The van der Waals surface area contributed by atoms with Crippen molar-refractivity contribution in [3.63, 3.8) is 0 Å². The van der Waals surface area contributed by atoms with Gasteiger partial charge in [-0.15, -0.1) is 0 Å². The van der Waals surface area contributed by atoms with Gasteiger partial charge in [0.05, 0.1) is 14.2 Å². The minimum Gasteiger partial charge on any atom is -0.481 e. The van der Waals surface area contributed by atoms with E-state index >= 15 is 0 Å². The van der Waals surface area contributed by atoms with Gasteiger partial charge < -0.3 is 14.4 Å². The molecule has 0 spiro atoms. The van der Waals surface area contributed by atoms with Crippen LogP contribution in [0.1, 0.15) is 19.7 Å². The summed E-state index contributed by atoms with van der Waals surface area (Å²) in [5.74, 6) is 1.42. The Bertz CT molecular complexity index is 421. The van der Waals surface area contributed by atoms with Gasteiger partial charge in [0.15, 0.2) is 0 Å². The molecule has 100 valence electrons. The third kappa shape index (κ3) is 3.58. The molecule has 0 atom stereocenters. The highest BCUT2D eigenvalue weighted by molar-refractivity contribution is 5.75. The van der Waals surface area contributed by atoms with Crippen molar-refractivity contribution in [1.82, 2.24) is 9.97 Å². The maximum Gasteiger partial charge on any atom is 0.325 e. The molecule has 0 saturated carbocycles. The average Bonchev–Trinajstić information content (AvgIpc) is 2.34. The highest BCUT2D eigenvalue weighted by Crippen LogP contribution is 2.19. The van der Waals surface area contributed by atoms with Gasteiger partial charge in [-0.1, -0.05) is 0 Å². The SMILES string of the molecule is COC(=O)CN(c1cc(OC)nc(C)n1)C(C)C. The number of ether oxygens (including phenoxy) is 2. The first-order valence-electron chi connectivity index (χ1n) is 5.71. The van der Waals surface area contributed by atoms with Crippen LogP contribution in [0.25, 0.3) is 0 Å². The minimum atomic E-state index is -0.307. The van der Waals surface area contributed by atoms with Gasteiger partial charge in [-0.25, -0.2) is 4.98 Å². The predicted octanol–water partition coefficient (Wildman–Crippen LogP) is 1.18. The van der Waals surface area contributed by atoms with Gasteiger partial charge in [0.1, 0.15) is 18.2 Å². The second kappa shape index (κ2) is 6.18. The first-order chi connectivity index (χ1) is 8.47. The van der Waals surface area contributed by atoms with Crippen molar-refractivity contribution >= 4 is 11.8 Å². The number of aromatic nitrogens is 2. The van der Waals surface area contributed by atoms with Crippen molar-refractivity contribution in [3.05, 3.63) is 11.9 Å². The highest BCUT2D eigenvalue weighted by Gasteiger charge is 2.17. The Labute approximate surface area is 107 Å². The molecule has 0 aliphatic rings. The van der Waals surface area contributed by atoms with E-state index in [1.165, 1.54) is 7.11 Å². The first-order valence-corrected chi connectivity index (χ1v) is 5.71. The van der Waals surface area contributed by atoms with Crippen LogP contribution in [0.4, 0.5) is 5.82 Å². The normalized spacial score (nSPS) is 10.3. The number of methoxy groups -OCH3 is 2. The van der Waals surface area contributed by atoms with E-state index in [1.807, 2.05) is 18.7 Å². The van der Waals surface area contributed by atoms with Crippen molar-refractivity contribution < 1.29 is 14.3 Å². The second-order valence-corrected chi connectivity index (χ2v) is 4.11. The molecule has 0 N–H and O–H groups in total. The number of carbonyl (C=O) groups is 1. The zero-order valence-electron chi connectivity index (χ0n) is 11.4. The zero-order valence-corrected chi connectivity index (χ0v) is 11.4. The lowest BCUT2D eigenvalue weighted by Gasteiger charge is -2.26. The van der Waals surface area contributed by atoms with E-state index in [9.17, 15) is 4.79 Å². The second-order valence-electron chi connectivity index (χ2n) is 4.11. The van der Waals surface area contributed by atoms with Crippen molar-refractivity contribution in [2.75, 3.05) is 25.7 Å². The molecule has 0 bridgehead atoms. The van der Waals surface area contributed by atoms with Gasteiger partial charge >= 0.3 is 5.97 Å². The summed E-state index contributed by atoms with van der Waals surface area (Å²) in [4.78, 5) is 21.7. The monoisotopic (exact) mass is 253 g/mol. The first kappa shape index (κ1) is 14.2. The molecule has 0 aromatic carbocycles. The van der Waals surface area contributed by atoms with Gasteiger partial charge in [0.2, 0.25) is 5.88 Å². The van der Waals surface area contributed by atoms with Crippen LogP contribution in [0.3, 0.4) is 0 Å². The lowest BCUT2D eigenvalue weighted by atomic mass is 10.3. The van der Waals surface area contributed by atoms with Gasteiger partial charge in [-0.05, 0) is 20.8 Å². The average molecular weight is 253 g/mol. The van der Waals surface area contributed by atoms with Crippen molar-refractivity contribution in [3.8, 4) is 5.88 Å². The minimum absolute atomic E-state index is 0.114. The third-order valence-electron chi connectivity index (χ3n) is 2.45. The number of esters is 1. The Morgan fingerprint density at radius 2 is 2.06 bits per heavy atom. The fourth-order valence-corrected chi connectivity index (χ4v) is 1.51. The molecule has 6 nitrogen and oxygen atoms in total. The van der Waals surface area contributed by atoms with Crippen molar-refractivity contribution in [1.29, 1.82) is 0 Å². The highest BCUT2D eigenvalue weighted by atomic mass is 16.5. The van der Waals surface area contributed by atoms with Crippen LogP contribution in [0, 0.1) is 6.92 Å². The Morgan fingerprint density at radius 1 is 1.39 bits per heavy atom. The van der Waals surface area contributed by atoms with Crippen LogP contribution in [0.5, 0.6) is 5.88 Å². The summed E-state index contributed by atoms with van der Waals surface area (Å²) in [6.07, 6.45) is 0. The van der Waals surface area contributed by atoms with E-state index in [4.69, 9.17) is 4.74 Å². The smallest absolute Gasteiger partial charge is 0.325 e. The molecule has 1 rings (SSSR count). The lowest BCUT2D eigenvalue weighted by Crippen LogP contribution is -2.37. The van der Waals surface area contributed by atoms with Gasteiger partial charge in [-0.2, -0.15) is 4.98 Å². The van der Waals surface area contributed by atoms with E-state index in [0.29, 0.717) is 17.5 Å².